The third-order valence-electron chi connectivity index (χ3n) is 6.87. The van der Waals surface area contributed by atoms with Crippen molar-refractivity contribution in [1.82, 2.24) is 15.3 Å². The van der Waals surface area contributed by atoms with Gasteiger partial charge in [-0.05, 0) is 88.5 Å². The van der Waals surface area contributed by atoms with E-state index in [1.54, 1.807) is 11.2 Å². The first-order valence-electron chi connectivity index (χ1n) is 13.8. The summed E-state index contributed by atoms with van der Waals surface area (Å²) in [5, 5.41) is 19.8. The predicted octanol–water partition coefficient (Wildman–Crippen LogP) is 5.14. The van der Waals surface area contributed by atoms with Crippen molar-refractivity contribution in [2.45, 2.75) is 45.1 Å². The standard InChI is InChI=1S/C19H29N5.C12H10ClNO3/c1-20-13-14-7-6-8-15(12-11-14)21-19-22-17-10-5-4-9-16(17)18(23-19)24(2)3;1-8(15)3-2-4-12(16)10-6-5-9(13)7-11(10)14-17/h4-5,9-10,14-15,20H,6-8,11-13H2,1-3H3,(H,21,22,23);2-7,16H,1H3/p+1/b;3-2+,12-4-. The van der Waals surface area contributed by atoms with Gasteiger partial charge in [-0.1, -0.05) is 36.2 Å². The largest absolute Gasteiger partial charge is 0.507 e. The molecule has 2 unspecified atom stereocenters. The van der Waals surface area contributed by atoms with Crippen LogP contribution in [0.5, 0.6) is 0 Å². The van der Waals surface area contributed by atoms with Gasteiger partial charge < -0.3 is 20.6 Å². The Morgan fingerprint density at radius 2 is 1.93 bits per heavy atom. The molecule has 1 aromatic heterocycles. The number of aromatic nitrogens is 2. The van der Waals surface area contributed by atoms with Crippen molar-refractivity contribution in [3.05, 3.63) is 76.2 Å². The van der Waals surface area contributed by atoms with Gasteiger partial charge in [0, 0.05) is 46.7 Å². The van der Waals surface area contributed by atoms with Crippen LogP contribution in [0.2, 0.25) is 5.02 Å². The van der Waals surface area contributed by atoms with E-state index in [1.807, 2.05) is 33.3 Å². The van der Waals surface area contributed by atoms with Crippen LogP contribution in [0.4, 0.5) is 17.5 Å². The Kier molecular flexibility index (Phi) is 12.2. The number of carbonyl (C=O) groups excluding carboxylic acids is 1. The van der Waals surface area contributed by atoms with Gasteiger partial charge in [-0.25, -0.2) is 4.98 Å². The molecule has 2 atom stereocenters. The summed E-state index contributed by atoms with van der Waals surface area (Å²) in [4.78, 5) is 32.9. The van der Waals surface area contributed by atoms with E-state index in [9.17, 15) is 14.8 Å². The maximum atomic E-state index is 10.7. The molecule has 0 radical (unpaired) electrons. The maximum Gasteiger partial charge on any atom is 0.265 e. The fourth-order valence-electron chi connectivity index (χ4n) is 4.85. The van der Waals surface area contributed by atoms with Crippen LogP contribution in [-0.2, 0) is 4.79 Å². The molecule has 10 heteroatoms. The van der Waals surface area contributed by atoms with E-state index in [2.05, 4.69) is 27.7 Å². The lowest BCUT2D eigenvalue weighted by atomic mass is 10.0. The number of nitrogens with zero attached hydrogens (tertiary/aromatic N) is 3. The quantitative estimate of drug-likeness (QED) is 0.119. The Hall–Kier alpha value is -3.82. The first-order valence-corrected chi connectivity index (χ1v) is 14.2. The monoisotopic (exact) mass is 579 g/mol. The number of nitroso groups, excluding NO2 is 1. The fourth-order valence-corrected chi connectivity index (χ4v) is 5.02. The normalized spacial score (nSPS) is 17.4. The summed E-state index contributed by atoms with van der Waals surface area (Å²) in [6.45, 7) is 2.53. The van der Waals surface area contributed by atoms with E-state index in [-0.39, 0.29) is 17.2 Å². The van der Waals surface area contributed by atoms with Crippen molar-refractivity contribution in [3.63, 3.8) is 0 Å². The van der Waals surface area contributed by atoms with Gasteiger partial charge in [0.1, 0.15) is 11.6 Å². The van der Waals surface area contributed by atoms with Gasteiger partial charge in [-0.2, -0.15) is 4.98 Å². The number of anilines is 2. The summed E-state index contributed by atoms with van der Waals surface area (Å²) in [6.07, 6.45) is 10.3. The van der Waals surface area contributed by atoms with Crippen molar-refractivity contribution in [1.29, 1.82) is 0 Å². The molecule has 0 bridgehead atoms. The summed E-state index contributed by atoms with van der Waals surface area (Å²) >= 11 is 5.71. The van der Waals surface area contributed by atoms with E-state index in [0.29, 0.717) is 16.6 Å². The topological polar surface area (TPSA) is 121 Å². The molecule has 9 nitrogen and oxygen atoms in total. The van der Waals surface area contributed by atoms with Gasteiger partial charge in [0.15, 0.2) is 5.78 Å². The Morgan fingerprint density at radius 1 is 1.15 bits per heavy atom. The third kappa shape index (κ3) is 9.65. The molecule has 4 N–H and O–H groups in total. The number of allylic oxidation sites excluding steroid dienone is 3. The van der Waals surface area contributed by atoms with Crippen LogP contribution in [0.25, 0.3) is 16.7 Å². The number of rotatable bonds is 9. The molecule has 0 spiro atoms. The number of carbonyl (C=O) groups is 1. The summed E-state index contributed by atoms with van der Waals surface area (Å²) in [5.41, 5.74) is 1.49. The fraction of sp³-hybridized carbons (Fsp3) is 0.387. The van der Waals surface area contributed by atoms with E-state index in [1.165, 1.54) is 69.4 Å². The smallest absolute Gasteiger partial charge is 0.265 e. The van der Waals surface area contributed by atoms with Gasteiger partial charge in [-0.3, -0.25) is 4.79 Å². The summed E-state index contributed by atoms with van der Waals surface area (Å²) in [7, 11) is 6.12. The number of fused-ring (bicyclic) bond motifs is 1. The van der Waals surface area contributed by atoms with E-state index >= 15 is 0 Å². The molecule has 1 fully saturated rings. The van der Waals surface area contributed by atoms with Gasteiger partial charge in [-0.15, -0.1) is 0 Å². The third-order valence-corrected chi connectivity index (χ3v) is 7.11. The number of hydrogen-bond donors (Lipinski definition) is 4. The molecule has 218 valence electrons. The highest BCUT2D eigenvalue weighted by Crippen LogP contribution is 2.27. The molecule has 1 heterocycles. The SMILES string of the molecule is CC(=O)/C=C/C=C(\O)c1ccc(Cl)cc1[NH+]=O.CNCC1CCCC(Nc2nc(N(C)C)c3ccccc3n2)CC1. The van der Waals surface area contributed by atoms with Crippen LogP contribution in [-0.4, -0.2) is 54.6 Å². The minimum Gasteiger partial charge on any atom is -0.507 e. The van der Waals surface area contributed by atoms with Crippen molar-refractivity contribution in [3.8, 4) is 0 Å². The number of halogens is 1. The maximum absolute atomic E-state index is 10.7. The van der Waals surface area contributed by atoms with Crippen molar-refractivity contribution in [2.24, 2.45) is 5.92 Å². The Morgan fingerprint density at radius 3 is 2.63 bits per heavy atom. The first kappa shape index (κ1) is 31.7. The van der Waals surface area contributed by atoms with Crippen LogP contribution in [0.3, 0.4) is 0 Å². The molecule has 2 aromatic carbocycles. The Balaban J connectivity index is 0.000000241. The van der Waals surface area contributed by atoms with Gasteiger partial charge in [0.2, 0.25) is 5.95 Å². The lowest BCUT2D eigenvalue weighted by molar-refractivity contribution is -0.379. The number of hydrogen-bond acceptors (Lipinski definition) is 8. The zero-order valence-corrected chi connectivity index (χ0v) is 24.9. The molecule has 0 aliphatic heterocycles. The predicted molar refractivity (Wildman–Crippen MR) is 168 cm³/mol. The Bertz CT molecular complexity index is 1390. The first-order chi connectivity index (χ1) is 19.7. The van der Waals surface area contributed by atoms with Crippen LogP contribution in [0.15, 0.2) is 60.7 Å². The molecule has 1 aliphatic rings. The highest BCUT2D eigenvalue weighted by molar-refractivity contribution is 6.30. The zero-order chi connectivity index (χ0) is 29.8. The molecule has 1 saturated carbocycles. The average Bonchev–Trinajstić information content (AvgIpc) is 3.17. The van der Waals surface area contributed by atoms with Crippen molar-refractivity contribution < 1.29 is 15.1 Å². The highest BCUT2D eigenvalue weighted by atomic mass is 35.5. The second kappa shape index (κ2) is 15.8. The minimum atomic E-state index is -0.132. The molecule has 3 aromatic rings. The number of aliphatic hydroxyl groups excluding tert-OH is 1. The number of aliphatic hydroxyl groups is 1. The zero-order valence-electron chi connectivity index (χ0n) is 24.2. The second-order valence-corrected chi connectivity index (χ2v) is 10.8. The number of para-hydroxylation sites is 1. The molecular weight excluding hydrogens is 540 g/mol. The van der Waals surface area contributed by atoms with E-state index < -0.39 is 0 Å². The van der Waals surface area contributed by atoms with Gasteiger partial charge in [0.05, 0.1) is 11.1 Å². The second-order valence-electron chi connectivity index (χ2n) is 10.4. The molecule has 4 rings (SSSR count). The summed E-state index contributed by atoms with van der Waals surface area (Å²) in [6, 6.07) is 13.2. The molecule has 1 aliphatic carbocycles. The number of nitrogens with one attached hydrogen (secondary N) is 3. The lowest BCUT2D eigenvalue weighted by Gasteiger charge is -2.20. The average molecular weight is 580 g/mol. The van der Waals surface area contributed by atoms with Gasteiger partial charge in [0.25, 0.3) is 5.69 Å². The van der Waals surface area contributed by atoms with Crippen LogP contribution < -0.4 is 20.7 Å². The van der Waals surface area contributed by atoms with E-state index in [4.69, 9.17) is 21.6 Å². The Labute approximate surface area is 246 Å². The molecule has 41 heavy (non-hydrogen) atoms. The van der Waals surface area contributed by atoms with Crippen LogP contribution in [0.1, 0.15) is 44.6 Å². The minimum absolute atomic E-state index is 0.127. The van der Waals surface area contributed by atoms with Crippen LogP contribution in [0, 0.1) is 10.8 Å². The van der Waals surface area contributed by atoms with E-state index in [0.717, 1.165) is 35.1 Å². The number of benzene rings is 2. The van der Waals surface area contributed by atoms with Gasteiger partial charge >= 0.3 is 0 Å². The van der Waals surface area contributed by atoms with Crippen molar-refractivity contribution >= 4 is 51.5 Å². The lowest BCUT2D eigenvalue weighted by Crippen LogP contribution is -2.56. The molecule has 0 saturated heterocycles. The van der Waals surface area contributed by atoms with Crippen LogP contribution >= 0.6 is 11.6 Å². The highest BCUT2D eigenvalue weighted by Gasteiger charge is 2.20. The molecule has 0 amide bonds. The summed E-state index contributed by atoms with van der Waals surface area (Å²) < 4.78 is 0. The van der Waals surface area contributed by atoms with Crippen molar-refractivity contribution in [2.75, 3.05) is 37.9 Å². The molecular formula is C31H40ClN6O3+. The number of ketones is 1. The summed E-state index contributed by atoms with van der Waals surface area (Å²) in [5.74, 6) is 2.28.